The molecule has 0 heterocycles. The molecule has 0 aliphatic heterocycles. The van der Waals surface area contributed by atoms with Crippen molar-refractivity contribution in [3.05, 3.63) is 132 Å². The van der Waals surface area contributed by atoms with Gasteiger partial charge in [0.2, 0.25) is 0 Å². The minimum atomic E-state index is 0.543. The molecule has 0 radical (unpaired) electrons. The number of rotatable bonds is 4. The van der Waals surface area contributed by atoms with E-state index in [0.29, 0.717) is 11.8 Å². The number of hydrogen-bond acceptors (Lipinski definition) is 0. The van der Waals surface area contributed by atoms with Gasteiger partial charge in [0.05, 0.1) is 0 Å². The molecule has 0 heteroatoms. The molecule has 0 amide bonds. The second-order valence-corrected chi connectivity index (χ2v) is 11.9. The summed E-state index contributed by atoms with van der Waals surface area (Å²) in [4.78, 5) is 0. The summed E-state index contributed by atoms with van der Waals surface area (Å²) in [6.45, 7) is 9.00. The van der Waals surface area contributed by atoms with Crippen molar-refractivity contribution >= 4 is 43.1 Å². The Morgan fingerprint density at radius 1 is 0.275 bits per heavy atom. The third-order valence-electron chi connectivity index (χ3n) is 8.52. The summed E-state index contributed by atoms with van der Waals surface area (Å²) in [7, 11) is 0. The lowest BCUT2D eigenvalue weighted by atomic mass is 9.94. The quantitative estimate of drug-likeness (QED) is 0.205. The Morgan fingerprint density at radius 3 is 0.900 bits per heavy atom. The van der Waals surface area contributed by atoms with E-state index in [1.165, 1.54) is 76.5 Å². The summed E-state index contributed by atoms with van der Waals surface area (Å²) in [5, 5.41) is 10.3. The molecular weight excluding hydrogens is 480 g/mol. The fourth-order valence-electron chi connectivity index (χ4n) is 5.96. The van der Waals surface area contributed by atoms with Crippen LogP contribution in [0.1, 0.15) is 50.7 Å². The lowest BCUT2D eigenvalue weighted by Gasteiger charge is -2.11. The van der Waals surface area contributed by atoms with Gasteiger partial charge in [0.25, 0.3) is 0 Å². The van der Waals surface area contributed by atoms with Crippen molar-refractivity contribution in [2.24, 2.45) is 0 Å². The van der Waals surface area contributed by atoms with Crippen LogP contribution in [0.15, 0.2) is 121 Å². The zero-order valence-electron chi connectivity index (χ0n) is 23.7. The van der Waals surface area contributed by atoms with Crippen LogP contribution in [-0.4, -0.2) is 0 Å². The zero-order chi connectivity index (χ0) is 27.4. The molecule has 0 saturated heterocycles. The Balaban J connectivity index is 1.24. The van der Waals surface area contributed by atoms with Gasteiger partial charge >= 0.3 is 0 Å². The van der Waals surface area contributed by atoms with Gasteiger partial charge < -0.3 is 0 Å². The summed E-state index contributed by atoms with van der Waals surface area (Å²) in [6.07, 6.45) is 0. The minimum absolute atomic E-state index is 0.543. The van der Waals surface area contributed by atoms with Crippen LogP contribution in [0.3, 0.4) is 0 Å². The first-order chi connectivity index (χ1) is 19.4. The van der Waals surface area contributed by atoms with E-state index in [1.54, 1.807) is 0 Å². The molecule has 7 rings (SSSR count). The van der Waals surface area contributed by atoms with Crippen molar-refractivity contribution < 1.29 is 0 Å². The average Bonchev–Trinajstić information content (AvgIpc) is 2.98. The molecule has 40 heavy (non-hydrogen) atoms. The van der Waals surface area contributed by atoms with Crippen LogP contribution in [-0.2, 0) is 0 Å². The van der Waals surface area contributed by atoms with Crippen molar-refractivity contribution in [2.75, 3.05) is 0 Å². The number of fused-ring (bicyclic) bond motifs is 4. The van der Waals surface area contributed by atoms with Crippen LogP contribution in [0.5, 0.6) is 0 Å². The largest absolute Gasteiger partial charge is 0.0587 e. The standard InChI is InChI=1S/C40H34/c1-25(2)27-5-7-31-19-33(11-9-29(31)17-27)35-13-15-37-24-40-22-36(14-16-38(40)23-39(37)21-35)34-12-10-30-18-28(26(3)4)6-8-32(30)20-34/h5-26H,1-4H3. The second-order valence-electron chi connectivity index (χ2n) is 11.9. The highest BCUT2D eigenvalue weighted by atomic mass is 14.1. The maximum Gasteiger partial charge on any atom is -0.0171 e. The van der Waals surface area contributed by atoms with Gasteiger partial charge in [-0.1, -0.05) is 113 Å². The highest BCUT2D eigenvalue weighted by Gasteiger charge is 2.08. The number of hydrogen-bond donors (Lipinski definition) is 0. The highest BCUT2D eigenvalue weighted by Crippen LogP contribution is 2.33. The summed E-state index contributed by atoms with van der Waals surface area (Å²) < 4.78 is 0. The monoisotopic (exact) mass is 514 g/mol. The van der Waals surface area contributed by atoms with E-state index >= 15 is 0 Å². The maximum atomic E-state index is 2.34. The van der Waals surface area contributed by atoms with E-state index in [-0.39, 0.29) is 0 Å². The lowest BCUT2D eigenvalue weighted by molar-refractivity contribution is 0.869. The first-order valence-corrected chi connectivity index (χ1v) is 14.5. The third-order valence-corrected chi connectivity index (χ3v) is 8.52. The van der Waals surface area contributed by atoms with E-state index in [0.717, 1.165) is 0 Å². The minimum Gasteiger partial charge on any atom is -0.0587 e. The summed E-state index contributed by atoms with van der Waals surface area (Å²) in [5.74, 6) is 1.09. The fraction of sp³-hybridized carbons (Fsp3) is 0.150. The van der Waals surface area contributed by atoms with Crippen LogP contribution in [0.25, 0.3) is 65.3 Å². The number of benzene rings is 7. The Hall–Kier alpha value is -4.42. The zero-order valence-corrected chi connectivity index (χ0v) is 23.7. The smallest absolute Gasteiger partial charge is 0.0171 e. The van der Waals surface area contributed by atoms with Gasteiger partial charge in [-0.25, -0.2) is 0 Å². The molecule has 194 valence electrons. The molecule has 0 aliphatic rings. The topological polar surface area (TPSA) is 0 Å². The molecule has 0 bridgehead atoms. The van der Waals surface area contributed by atoms with E-state index in [9.17, 15) is 0 Å². The maximum absolute atomic E-state index is 2.34. The lowest BCUT2D eigenvalue weighted by Crippen LogP contribution is -1.87. The predicted octanol–water partition coefficient (Wildman–Crippen LogP) is 11.9. The second kappa shape index (κ2) is 9.65. The molecule has 0 aliphatic carbocycles. The molecule has 0 spiro atoms. The van der Waals surface area contributed by atoms with Crippen molar-refractivity contribution in [2.45, 2.75) is 39.5 Å². The van der Waals surface area contributed by atoms with Gasteiger partial charge in [0.1, 0.15) is 0 Å². The molecular formula is C40H34. The predicted molar refractivity (Wildman–Crippen MR) is 176 cm³/mol. The molecule has 0 nitrogen and oxygen atoms in total. The molecule has 0 aromatic heterocycles. The summed E-state index contributed by atoms with van der Waals surface area (Å²) >= 11 is 0. The first-order valence-electron chi connectivity index (χ1n) is 14.5. The van der Waals surface area contributed by atoms with Crippen LogP contribution < -0.4 is 0 Å². The molecule has 7 aromatic carbocycles. The fourth-order valence-corrected chi connectivity index (χ4v) is 5.96. The molecule has 0 unspecified atom stereocenters. The van der Waals surface area contributed by atoms with Gasteiger partial charge in [-0.2, -0.15) is 0 Å². The summed E-state index contributed by atoms with van der Waals surface area (Å²) in [5.41, 5.74) is 7.83. The van der Waals surface area contributed by atoms with Gasteiger partial charge in [-0.3, -0.25) is 0 Å². The summed E-state index contributed by atoms with van der Waals surface area (Å²) in [6, 6.07) is 45.8. The molecule has 0 saturated carbocycles. The van der Waals surface area contributed by atoms with E-state index < -0.39 is 0 Å². The molecule has 0 N–H and O–H groups in total. The van der Waals surface area contributed by atoms with Crippen molar-refractivity contribution in [1.82, 2.24) is 0 Å². The van der Waals surface area contributed by atoms with E-state index in [1.807, 2.05) is 0 Å². The first kappa shape index (κ1) is 24.6. The van der Waals surface area contributed by atoms with E-state index in [2.05, 4.69) is 149 Å². The van der Waals surface area contributed by atoms with Crippen LogP contribution >= 0.6 is 0 Å². The normalized spacial score (nSPS) is 11.9. The molecule has 0 fully saturated rings. The van der Waals surface area contributed by atoms with Gasteiger partial charge in [-0.05, 0) is 125 Å². The average molecular weight is 515 g/mol. The highest BCUT2D eigenvalue weighted by molar-refractivity contribution is 6.02. The van der Waals surface area contributed by atoms with Crippen molar-refractivity contribution in [3.63, 3.8) is 0 Å². The molecule has 0 atom stereocenters. The Bertz CT molecular complexity index is 1900. The van der Waals surface area contributed by atoms with Crippen LogP contribution in [0.4, 0.5) is 0 Å². The van der Waals surface area contributed by atoms with Crippen LogP contribution in [0.2, 0.25) is 0 Å². The van der Waals surface area contributed by atoms with Gasteiger partial charge in [-0.15, -0.1) is 0 Å². The van der Waals surface area contributed by atoms with Crippen LogP contribution in [0, 0.1) is 0 Å². The van der Waals surface area contributed by atoms with Gasteiger partial charge in [0.15, 0.2) is 0 Å². The Kier molecular flexibility index (Phi) is 5.93. The van der Waals surface area contributed by atoms with Crippen molar-refractivity contribution in [1.29, 1.82) is 0 Å². The van der Waals surface area contributed by atoms with E-state index in [4.69, 9.17) is 0 Å². The molecule has 7 aromatic rings. The Morgan fingerprint density at radius 2 is 0.550 bits per heavy atom. The third kappa shape index (κ3) is 4.44. The SMILES string of the molecule is CC(C)c1ccc2cc(-c3ccc4cc5cc(-c6ccc7cc(C(C)C)ccc7c6)ccc5cc4c3)ccc2c1. The van der Waals surface area contributed by atoms with Crippen molar-refractivity contribution in [3.8, 4) is 22.3 Å². The Labute approximate surface area is 236 Å². The van der Waals surface area contributed by atoms with Gasteiger partial charge in [0, 0.05) is 0 Å².